The fraction of sp³-hybridized carbons (Fsp3) is 0.0833. The van der Waals surface area contributed by atoms with Crippen molar-refractivity contribution in [2.75, 3.05) is 0 Å². The van der Waals surface area contributed by atoms with Crippen molar-refractivity contribution < 1.29 is 9.76 Å². The molecule has 0 fully saturated rings. The number of nitrogens with zero attached hydrogens (tertiary/aromatic N) is 2. The molecule has 6 heteroatoms. The SMILES string of the molecule is O=[N+]([O-])c1cccc(CO/N=C/c2cccs2)c1. The molecule has 18 heavy (non-hydrogen) atoms. The van der Waals surface area contributed by atoms with Crippen LogP contribution in [0.25, 0.3) is 0 Å². The van der Waals surface area contributed by atoms with Gasteiger partial charge in [-0.15, -0.1) is 11.3 Å². The summed E-state index contributed by atoms with van der Waals surface area (Å²) >= 11 is 1.56. The molecule has 0 amide bonds. The molecule has 1 aromatic heterocycles. The molecule has 0 aliphatic heterocycles. The van der Waals surface area contributed by atoms with E-state index in [-0.39, 0.29) is 12.3 Å². The van der Waals surface area contributed by atoms with E-state index in [1.54, 1.807) is 29.7 Å². The lowest BCUT2D eigenvalue weighted by atomic mass is 10.2. The fourth-order valence-corrected chi connectivity index (χ4v) is 1.90. The number of benzene rings is 1. The van der Waals surface area contributed by atoms with Gasteiger partial charge >= 0.3 is 0 Å². The Hall–Kier alpha value is -2.21. The van der Waals surface area contributed by atoms with Gasteiger partial charge in [-0.3, -0.25) is 10.1 Å². The summed E-state index contributed by atoms with van der Waals surface area (Å²) in [5, 5.41) is 16.3. The zero-order valence-corrected chi connectivity index (χ0v) is 10.2. The molecule has 2 aromatic rings. The highest BCUT2D eigenvalue weighted by Gasteiger charge is 2.05. The van der Waals surface area contributed by atoms with Crippen LogP contribution in [0.3, 0.4) is 0 Å². The van der Waals surface area contributed by atoms with Crippen LogP contribution in [0.1, 0.15) is 10.4 Å². The maximum absolute atomic E-state index is 10.6. The molecule has 0 aliphatic rings. The first-order valence-corrected chi connectivity index (χ1v) is 6.06. The molecule has 0 saturated heterocycles. The molecule has 0 atom stereocenters. The molecule has 0 spiro atoms. The lowest BCUT2D eigenvalue weighted by Gasteiger charge is -1.99. The van der Waals surface area contributed by atoms with Gasteiger partial charge < -0.3 is 4.84 Å². The maximum Gasteiger partial charge on any atom is 0.269 e. The summed E-state index contributed by atoms with van der Waals surface area (Å²) in [6.45, 7) is 0.212. The molecule has 5 nitrogen and oxygen atoms in total. The van der Waals surface area contributed by atoms with Crippen LogP contribution in [0, 0.1) is 10.1 Å². The zero-order valence-electron chi connectivity index (χ0n) is 9.35. The summed E-state index contributed by atoms with van der Waals surface area (Å²) in [6, 6.07) is 10.1. The van der Waals surface area contributed by atoms with Crippen molar-refractivity contribution in [2.45, 2.75) is 6.61 Å². The van der Waals surface area contributed by atoms with E-state index in [1.807, 2.05) is 17.5 Å². The van der Waals surface area contributed by atoms with Crippen LogP contribution in [0.5, 0.6) is 0 Å². The van der Waals surface area contributed by atoms with Gasteiger partial charge in [0, 0.05) is 17.0 Å². The van der Waals surface area contributed by atoms with Crippen molar-refractivity contribution >= 4 is 23.2 Å². The number of nitro groups is 1. The van der Waals surface area contributed by atoms with Crippen molar-refractivity contribution in [1.29, 1.82) is 0 Å². The van der Waals surface area contributed by atoms with Gasteiger partial charge in [0.25, 0.3) is 5.69 Å². The first kappa shape index (κ1) is 12.3. The van der Waals surface area contributed by atoms with Crippen LogP contribution < -0.4 is 0 Å². The maximum atomic E-state index is 10.6. The Morgan fingerprint density at radius 2 is 2.28 bits per heavy atom. The van der Waals surface area contributed by atoms with E-state index in [0.29, 0.717) is 5.56 Å². The van der Waals surface area contributed by atoms with Crippen LogP contribution >= 0.6 is 11.3 Å². The van der Waals surface area contributed by atoms with Crippen LogP contribution in [-0.2, 0) is 11.4 Å². The standard InChI is InChI=1S/C12H10N2O3S/c15-14(16)11-4-1-3-10(7-11)9-17-13-8-12-5-2-6-18-12/h1-8H,9H2/b13-8+. The average Bonchev–Trinajstić information content (AvgIpc) is 2.88. The minimum atomic E-state index is -0.432. The predicted octanol–water partition coefficient (Wildman–Crippen LogP) is 3.21. The first-order chi connectivity index (χ1) is 8.75. The molecular weight excluding hydrogens is 252 g/mol. The van der Waals surface area contributed by atoms with Gasteiger partial charge in [0.2, 0.25) is 0 Å². The van der Waals surface area contributed by atoms with Gasteiger partial charge in [-0.25, -0.2) is 0 Å². The summed E-state index contributed by atoms with van der Waals surface area (Å²) < 4.78 is 0. The number of rotatable bonds is 5. The van der Waals surface area contributed by atoms with E-state index in [0.717, 1.165) is 4.88 Å². The number of oxime groups is 1. The summed E-state index contributed by atoms with van der Waals surface area (Å²) in [4.78, 5) is 16.2. The molecule has 1 heterocycles. The van der Waals surface area contributed by atoms with Gasteiger partial charge in [0.1, 0.15) is 6.61 Å². The van der Waals surface area contributed by atoms with Crippen molar-refractivity contribution in [3.8, 4) is 0 Å². The Bertz CT molecular complexity index is 552. The number of hydrogen-bond donors (Lipinski definition) is 0. The third-order valence-electron chi connectivity index (χ3n) is 2.15. The molecule has 0 N–H and O–H groups in total. The third kappa shape index (κ3) is 3.39. The monoisotopic (exact) mass is 262 g/mol. The summed E-state index contributed by atoms with van der Waals surface area (Å²) in [5.74, 6) is 0. The quantitative estimate of drug-likeness (QED) is 0.472. The third-order valence-corrected chi connectivity index (χ3v) is 2.96. The molecule has 92 valence electrons. The summed E-state index contributed by atoms with van der Waals surface area (Å²) in [6.07, 6.45) is 1.61. The first-order valence-electron chi connectivity index (χ1n) is 5.18. The Morgan fingerprint density at radius 1 is 1.39 bits per heavy atom. The second-order valence-corrected chi connectivity index (χ2v) is 4.43. The van der Waals surface area contributed by atoms with Gasteiger partial charge in [0.15, 0.2) is 0 Å². The fourth-order valence-electron chi connectivity index (χ4n) is 1.33. The minimum absolute atomic E-state index is 0.0540. The van der Waals surface area contributed by atoms with Crippen molar-refractivity contribution in [3.63, 3.8) is 0 Å². The van der Waals surface area contributed by atoms with Crippen molar-refractivity contribution in [1.82, 2.24) is 0 Å². The Kier molecular flexibility index (Phi) is 4.03. The van der Waals surface area contributed by atoms with Gasteiger partial charge in [-0.05, 0) is 17.0 Å². The molecule has 0 saturated carbocycles. The normalized spacial score (nSPS) is 10.7. The van der Waals surface area contributed by atoms with E-state index >= 15 is 0 Å². The molecule has 0 radical (unpaired) electrons. The molecular formula is C12H10N2O3S. The average molecular weight is 262 g/mol. The highest BCUT2D eigenvalue weighted by Crippen LogP contribution is 2.13. The zero-order chi connectivity index (χ0) is 12.8. The predicted molar refractivity (Wildman–Crippen MR) is 69.8 cm³/mol. The van der Waals surface area contributed by atoms with E-state index in [1.165, 1.54) is 12.1 Å². The molecule has 0 bridgehead atoms. The van der Waals surface area contributed by atoms with Crippen LogP contribution in [-0.4, -0.2) is 11.1 Å². The molecule has 0 unspecified atom stereocenters. The van der Waals surface area contributed by atoms with Gasteiger partial charge in [0.05, 0.1) is 11.1 Å². The van der Waals surface area contributed by atoms with Crippen LogP contribution in [0.15, 0.2) is 46.9 Å². The second-order valence-electron chi connectivity index (χ2n) is 3.45. The van der Waals surface area contributed by atoms with Crippen molar-refractivity contribution in [3.05, 3.63) is 62.3 Å². The van der Waals surface area contributed by atoms with E-state index in [9.17, 15) is 10.1 Å². The highest BCUT2D eigenvalue weighted by atomic mass is 32.1. The molecule has 1 aromatic carbocycles. The topological polar surface area (TPSA) is 64.7 Å². The van der Waals surface area contributed by atoms with Crippen molar-refractivity contribution in [2.24, 2.45) is 5.16 Å². The summed E-state index contributed by atoms with van der Waals surface area (Å²) in [7, 11) is 0. The summed E-state index contributed by atoms with van der Waals surface area (Å²) in [5.41, 5.74) is 0.769. The Morgan fingerprint density at radius 3 is 3.00 bits per heavy atom. The van der Waals surface area contributed by atoms with E-state index in [4.69, 9.17) is 4.84 Å². The lowest BCUT2D eigenvalue weighted by Crippen LogP contribution is -1.91. The van der Waals surface area contributed by atoms with Crippen LogP contribution in [0.2, 0.25) is 0 Å². The number of thiophene rings is 1. The van der Waals surface area contributed by atoms with E-state index in [2.05, 4.69) is 5.16 Å². The molecule has 2 rings (SSSR count). The Labute approximate surface area is 107 Å². The lowest BCUT2D eigenvalue weighted by molar-refractivity contribution is -0.384. The minimum Gasteiger partial charge on any atom is -0.391 e. The smallest absolute Gasteiger partial charge is 0.269 e. The highest BCUT2D eigenvalue weighted by molar-refractivity contribution is 7.11. The Balaban J connectivity index is 1.90. The van der Waals surface area contributed by atoms with Crippen LogP contribution in [0.4, 0.5) is 5.69 Å². The number of nitro benzene ring substituents is 1. The van der Waals surface area contributed by atoms with Gasteiger partial charge in [-0.1, -0.05) is 23.4 Å². The second kappa shape index (κ2) is 5.92. The number of hydrogen-bond acceptors (Lipinski definition) is 5. The number of non-ortho nitro benzene ring substituents is 1. The van der Waals surface area contributed by atoms with E-state index < -0.39 is 4.92 Å². The molecule has 0 aliphatic carbocycles. The van der Waals surface area contributed by atoms with Gasteiger partial charge in [-0.2, -0.15) is 0 Å². The largest absolute Gasteiger partial charge is 0.391 e.